The van der Waals surface area contributed by atoms with Gasteiger partial charge in [-0.1, -0.05) is 42.5 Å². The van der Waals surface area contributed by atoms with Gasteiger partial charge in [0.15, 0.2) is 0 Å². The highest BCUT2D eigenvalue weighted by molar-refractivity contribution is 5.90. The highest BCUT2D eigenvalue weighted by Gasteiger charge is 2.07. The van der Waals surface area contributed by atoms with Crippen molar-refractivity contribution >= 4 is 22.5 Å². The summed E-state index contributed by atoms with van der Waals surface area (Å²) < 4.78 is 1.46. The molecule has 6 heteroatoms. The Morgan fingerprint density at radius 2 is 1.88 bits per heavy atom. The standard InChI is InChI=1S/C19H15N5O/c25-19(11-24-13-20-12-21-24)23-18-7-3-6-17(22-18)16-9-8-14-4-1-2-5-15(14)10-16/h1-10,12-13H,11H2,(H,22,23,25). The molecule has 1 amide bonds. The van der Waals surface area contributed by atoms with Crippen LogP contribution in [0.5, 0.6) is 0 Å². The molecule has 0 aliphatic rings. The molecule has 4 aromatic rings. The fourth-order valence-electron chi connectivity index (χ4n) is 2.66. The van der Waals surface area contributed by atoms with Crippen molar-refractivity contribution in [3.63, 3.8) is 0 Å². The predicted molar refractivity (Wildman–Crippen MR) is 95.8 cm³/mol. The van der Waals surface area contributed by atoms with Gasteiger partial charge < -0.3 is 5.32 Å². The van der Waals surface area contributed by atoms with Crippen LogP contribution in [0.25, 0.3) is 22.0 Å². The van der Waals surface area contributed by atoms with Crippen molar-refractivity contribution in [2.45, 2.75) is 6.54 Å². The quantitative estimate of drug-likeness (QED) is 0.624. The molecule has 122 valence electrons. The molecule has 2 aromatic carbocycles. The Morgan fingerprint density at radius 1 is 1.00 bits per heavy atom. The first-order valence-electron chi connectivity index (χ1n) is 7.86. The van der Waals surface area contributed by atoms with Gasteiger partial charge in [0.05, 0.1) is 5.69 Å². The monoisotopic (exact) mass is 329 g/mol. The first kappa shape index (κ1) is 15.0. The summed E-state index contributed by atoms with van der Waals surface area (Å²) in [6.45, 7) is 0.0991. The molecule has 0 saturated heterocycles. The number of nitrogens with zero attached hydrogens (tertiary/aromatic N) is 4. The minimum Gasteiger partial charge on any atom is -0.309 e. The molecule has 0 radical (unpaired) electrons. The van der Waals surface area contributed by atoms with E-state index in [1.807, 2.05) is 30.3 Å². The summed E-state index contributed by atoms with van der Waals surface area (Å²) >= 11 is 0. The summed E-state index contributed by atoms with van der Waals surface area (Å²) in [5.74, 6) is 0.310. The second-order valence-corrected chi connectivity index (χ2v) is 5.61. The van der Waals surface area contributed by atoms with Crippen molar-refractivity contribution < 1.29 is 4.79 Å². The zero-order valence-electron chi connectivity index (χ0n) is 13.3. The normalized spacial score (nSPS) is 10.7. The highest BCUT2D eigenvalue weighted by atomic mass is 16.2. The van der Waals surface area contributed by atoms with Crippen LogP contribution in [0.1, 0.15) is 0 Å². The summed E-state index contributed by atoms with van der Waals surface area (Å²) in [7, 11) is 0. The van der Waals surface area contributed by atoms with E-state index in [4.69, 9.17) is 0 Å². The lowest BCUT2D eigenvalue weighted by atomic mass is 10.0. The summed E-state index contributed by atoms with van der Waals surface area (Å²) in [4.78, 5) is 20.4. The molecular formula is C19H15N5O. The average Bonchev–Trinajstić information content (AvgIpc) is 3.14. The van der Waals surface area contributed by atoms with Gasteiger partial charge >= 0.3 is 0 Å². The van der Waals surface area contributed by atoms with Crippen molar-refractivity contribution in [2.24, 2.45) is 0 Å². The molecule has 4 rings (SSSR count). The Kier molecular flexibility index (Phi) is 3.92. The van der Waals surface area contributed by atoms with Crippen molar-refractivity contribution in [3.8, 4) is 11.3 Å². The van der Waals surface area contributed by atoms with Gasteiger partial charge in [0.1, 0.15) is 25.0 Å². The van der Waals surface area contributed by atoms with E-state index >= 15 is 0 Å². The number of benzene rings is 2. The third-order valence-corrected chi connectivity index (χ3v) is 3.83. The van der Waals surface area contributed by atoms with Crippen LogP contribution in [0, 0.1) is 0 Å². The molecule has 0 fully saturated rings. The fourth-order valence-corrected chi connectivity index (χ4v) is 2.66. The van der Waals surface area contributed by atoms with E-state index in [0.717, 1.165) is 16.6 Å². The molecule has 2 aromatic heterocycles. The van der Waals surface area contributed by atoms with Crippen LogP contribution < -0.4 is 5.32 Å². The fraction of sp³-hybridized carbons (Fsp3) is 0.0526. The van der Waals surface area contributed by atoms with Crippen molar-refractivity contribution in [3.05, 3.63) is 73.3 Å². The number of amides is 1. The Labute approximate surface area is 144 Å². The predicted octanol–water partition coefficient (Wildman–Crippen LogP) is 3.13. The zero-order chi connectivity index (χ0) is 17.1. The second-order valence-electron chi connectivity index (χ2n) is 5.61. The SMILES string of the molecule is O=C(Cn1cncn1)Nc1cccc(-c2ccc3ccccc3c2)n1. The molecule has 2 heterocycles. The van der Waals surface area contributed by atoms with Gasteiger partial charge in [0, 0.05) is 5.56 Å². The van der Waals surface area contributed by atoms with E-state index in [0.29, 0.717) is 5.82 Å². The number of fused-ring (bicyclic) bond motifs is 1. The van der Waals surface area contributed by atoms with Crippen molar-refractivity contribution in [1.29, 1.82) is 0 Å². The van der Waals surface area contributed by atoms with Crippen LogP contribution in [0.4, 0.5) is 5.82 Å². The number of anilines is 1. The maximum Gasteiger partial charge on any atom is 0.247 e. The number of nitrogens with one attached hydrogen (secondary N) is 1. The maximum absolute atomic E-state index is 12.1. The number of hydrogen-bond acceptors (Lipinski definition) is 4. The molecule has 0 atom stereocenters. The van der Waals surface area contributed by atoms with Gasteiger partial charge in [-0.2, -0.15) is 5.10 Å². The maximum atomic E-state index is 12.1. The van der Waals surface area contributed by atoms with Gasteiger partial charge in [0.25, 0.3) is 0 Å². The third-order valence-electron chi connectivity index (χ3n) is 3.83. The number of rotatable bonds is 4. The summed E-state index contributed by atoms with van der Waals surface area (Å²) in [5.41, 5.74) is 1.82. The Morgan fingerprint density at radius 3 is 2.72 bits per heavy atom. The molecule has 0 saturated carbocycles. The van der Waals surface area contributed by atoms with E-state index in [9.17, 15) is 4.79 Å². The van der Waals surface area contributed by atoms with E-state index in [-0.39, 0.29) is 12.5 Å². The van der Waals surface area contributed by atoms with E-state index < -0.39 is 0 Å². The number of aromatic nitrogens is 4. The number of carbonyl (C=O) groups excluding carboxylic acids is 1. The summed E-state index contributed by atoms with van der Waals surface area (Å²) in [6.07, 6.45) is 2.89. The Bertz CT molecular complexity index is 1030. The number of pyridine rings is 1. The smallest absolute Gasteiger partial charge is 0.247 e. The van der Waals surface area contributed by atoms with Crippen LogP contribution in [0.15, 0.2) is 73.3 Å². The van der Waals surface area contributed by atoms with Gasteiger partial charge in [0.2, 0.25) is 5.91 Å². The van der Waals surface area contributed by atoms with E-state index in [1.54, 1.807) is 6.07 Å². The first-order valence-corrected chi connectivity index (χ1v) is 7.86. The van der Waals surface area contributed by atoms with Gasteiger partial charge in [-0.15, -0.1) is 0 Å². The zero-order valence-corrected chi connectivity index (χ0v) is 13.3. The molecule has 0 aliphatic heterocycles. The Balaban J connectivity index is 1.56. The Hall–Kier alpha value is -3.54. The second kappa shape index (κ2) is 6.52. The molecule has 0 bridgehead atoms. The highest BCUT2D eigenvalue weighted by Crippen LogP contribution is 2.24. The van der Waals surface area contributed by atoms with Crippen LogP contribution in [-0.4, -0.2) is 25.7 Å². The molecule has 0 unspecified atom stereocenters. The minimum atomic E-state index is -0.200. The molecule has 25 heavy (non-hydrogen) atoms. The largest absolute Gasteiger partial charge is 0.309 e. The molecule has 0 spiro atoms. The third kappa shape index (κ3) is 3.37. The molecule has 6 nitrogen and oxygen atoms in total. The lowest BCUT2D eigenvalue weighted by Gasteiger charge is -2.08. The van der Waals surface area contributed by atoms with E-state index in [2.05, 4.69) is 44.6 Å². The van der Waals surface area contributed by atoms with Gasteiger partial charge in [-0.05, 0) is 29.0 Å². The lowest BCUT2D eigenvalue weighted by Crippen LogP contribution is -2.19. The first-order chi connectivity index (χ1) is 12.3. The molecule has 0 aliphatic carbocycles. The van der Waals surface area contributed by atoms with Gasteiger partial charge in [-0.3, -0.25) is 4.79 Å². The minimum absolute atomic E-state index is 0.0991. The molecule has 1 N–H and O–H groups in total. The average molecular weight is 329 g/mol. The topological polar surface area (TPSA) is 72.7 Å². The molecular weight excluding hydrogens is 314 g/mol. The van der Waals surface area contributed by atoms with Crippen LogP contribution in [0.3, 0.4) is 0 Å². The van der Waals surface area contributed by atoms with E-state index in [1.165, 1.54) is 22.7 Å². The van der Waals surface area contributed by atoms with Gasteiger partial charge in [-0.25, -0.2) is 14.6 Å². The van der Waals surface area contributed by atoms with Crippen molar-refractivity contribution in [1.82, 2.24) is 19.7 Å². The van der Waals surface area contributed by atoms with Crippen LogP contribution in [-0.2, 0) is 11.3 Å². The van der Waals surface area contributed by atoms with Crippen LogP contribution >= 0.6 is 0 Å². The van der Waals surface area contributed by atoms with Crippen molar-refractivity contribution in [2.75, 3.05) is 5.32 Å². The van der Waals surface area contributed by atoms with Crippen LogP contribution in [0.2, 0.25) is 0 Å². The lowest BCUT2D eigenvalue weighted by molar-refractivity contribution is -0.116. The summed E-state index contributed by atoms with van der Waals surface area (Å²) in [6, 6.07) is 20.0. The summed E-state index contributed by atoms with van der Waals surface area (Å²) in [5, 5.41) is 9.04. The number of hydrogen-bond donors (Lipinski definition) is 1. The number of carbonyl (C=O) groups is 1.